The standard InChI is InChI=1S/C10H15N3O3/c1-7(14)11-5-9(10(15)16)3-8-4-12-13(2)6-8/h4,6,9H,3,5H2,1-2H3,(H,11,14)(H,15,16). The molecular weight excluding hydrogens is 210 g/mol. The molecule has 0 aliphatic carbocycles. The van der Waals surface area contributed by atoms with E-state index in [2.05, 4.69) is 10.4 Å². The molecule has 0 saturated carbocycles. The molecule has 1 rings (SSSR count). The zero-order valence-electron chi connectivity index (χ0n) is 9.30. The van der Waals surface area contributed by atoms with Crippen molar-refractivity contribution in [1.82, 2.24) is 15.1 Å². The van der Waals surface area contributed by atoms with Gasteiger partial charge >= 0.3 is 5.97 Å². The van der Waals surface area contributed by atoms with Crippen molar-refractivity contribution < 1.29 is 14.7 Å². The summed E-state index contributed by atoms with van der Waals surface area (Å²) in [6.07, 6.45) is 3.76. The summed E-state index contributed by atoms with van der Waals surface area (Å²) >= 11 is 0. The minimum Gasteiger partial charge on any atom is -0.481 e. The Kier molecular flexibility index (Phi) is 4.04. The van der Waals surface area contributed by atoms with Crippen LogP contribution in [0, 0.1) is 5.92 Å². The van der Waals surface area contributed by atoms with Crippen LogP contribution in [0.25, 0.3) is 0 Å². The van der Waals surface area contributed by atoms with Crippen LogP contribution in [0.4, 0.5) is 0 Å². The van der Waals surface area contributed by atoms with E-state index in [4.69, 9.17) is 5.11 Å². The molecule has 1 unspecified atom stereocenters. The van der Waals surface area contributed by atoms with Crippen LogP contribution in [-0.4, -0.2) is 33.3 Å². The number of carboxylic acid groups (broad SMARTS) is 1. The normalized spacial score (nSPS) is 12.1. The Hall–Kier alpha value is -1.85. The maximum absolute atomic E-state index is 10.9. The van der Waals surface area contributed by atoms with E-state index < -0.39 is 11.9 Å². The van der Waals surface area contributed by atoms with Gasteiger partial charge in [0.25, 0.3) is 0 Å². The van der Waals surface area contributed by atoms with E-state index in [0.29, 0.717) is 6.42 Å². The van der Waals surface area contributed by atoms with Gasteiger partial charge in [-0.25, -0.2) is 0 Å². The fourth-order valence-electron chi connectivity index (χ4n) is 1.38. The zero-order chi connectivity index (χ0) is 12.1. The first-order valence-corrected chi connectivity index (χ1v) is 4.94. The molecule has 88 valence electrons. The average Bonchev–Trinajstić information content (AvgIpc) is 2.57. The lowest BCUT2D eigenvalue weighted by Gasteiger charge is -2.11. The van der Waals surface area contributed by atoms with Gasteiger partial charge in [-0.15, -0.1) is 0 Å². The quantitative estimate of drug-likeness (QED) is 0.726. The Bertz CT molecular complexity index is 386. The van der Waals surface area contributed by atoms with E-state index in [0.717, 1.165) is 5.56 Å². The first-order valence-electron chi connectivity index (χ1n) is 4.94. The molecule has 0 fully saturated rings. The molecule has 0 aliphatic rings. The molecule has 0 aromatic carbocycles. The number of carbonyl (C=O) groups is 2. The number of hydrogen-bond acceptors (Lipinski definition) is 3. The molecule has 1 atom stereocenters. The van der Waals surface area contributed by atoms with Crippen molar-refractivity contribution >= 4 is 11.9 Å². The molecule has 1 amide bonds. The average molecular weight is 225 g/mol. The number of nitrogens with one attached hydrogen (secondary N) is 1. The molecule has 16 heavy (non-hydrogen) atoms. The van der Waals surface area contributed by atoms with Crippen LogP contribution in [0.2, 0.25) is 0 Å². The Labute approximate surface area is 93.3 Å². The molecule has 1 heterocycles. The third kappa shape index (κ3) is 3.72. The summed E-state index contributed by atoms with van der Waals surface area (Å²) in [7, 11) is 1.77. The van der Waals surface area contributed by atoms with Crippen molar-refractivity contribution in [3.05, 3.63) is 18.0 Å². The molecule has 1 aromatic heterocycles. The Balaban J connectivity index is 2.57. The Morgan fingerprint density at radius 2 is 2.31 bits per heavy atom. The lowest BCUT2D eigenvalue weighted by atomic mass is 10.0. The molecular formula is C10H15N3O3. The number of hydrogen-bond donors (Lipinski definition) is 2. The van der Waals surface area contributed by atoms with E-state index in [-0.39, 0.29) is 12.5 Å². The van der Waals surface area contributed by atoms with Gasteiger partial charge in [0.15, 0.2) is 0 Å². The lowest BCUT2D eigenvalue weighted by Crippen LogP contribution is -2.32. The second-order valence-corrected chi connectivity index (χ2v) is 3.70. The maximum atomic E-state index is 10.9. The number of carbonyl (C=O) groups excluding carboxylic acids is 1. The zero-order valence-corrected chi connectivity index (χ0v) is 9.30. The van der Waals surface area contributed by atoms with Crippen LogP contribution >= 0.6 is 0 Å². The summed E-state index contributed by atoms with van der Waals surface area (Å²) in [5.74, 6) is -1.76. The van der Waals surface area contributed by atoms with Crippen molar-refractivity contribution in [3.8, 4) is 0 Å². The highest BCUT2D eigenvalue weighted by atomic mass is 16.4. The van der Waals surface area contributed by atoms with Crippen LogP contribution in [0.15, 0.2) is 12.4 Å². The van der Waals surface area contributed by atoms with Gasteiger partial charge in [0, 0.05) is 26.7 Å². The van der Waals surface area contributed by atoms with E-state index in [1.807, 2.05) is 0 Å². The molecule has 6 nitrogen and oxygen atoms in total. The second-order valence-electron chi connectivity index (χ2n) is 3.70. The van der Waals surface area contributed by atoms with Crippen LogP contribution in [-0.2, 0) is 23.1 Å². The van der Waals surface area contributed by atoms with Crippen molar-refractivity contribution in [3.63, 3.8) is 0 Å². The van der Waals surface area contributed by atoms with Gasteiger partial charge in [0.2, 0.25) is 5.91 Å². The SMILES string of the molecule is CC(=O)NCC(Cc1cnn(C)c1)C(=O)O. The highest BCUT2D eigenvalue weighted by molar-refractivity contribution is 5.75. The van der Waals surface area contributed by atoms with Gasteiger partial charge in [-0.05, 0) is 12.0 Å². The molecule has 6 heteroatoms. The van der Waals surface area contributed by atoms with Crippen LogP contribution in [0.3, 0.4) is 0 Å². The summed E-state index contributed by atoms with van der Waals surface area (Å²) in [6.45, 7) is 1.50. The van der Waals surface area contributed by atoms with E-state index in [9.17, 15) is 9.59 Å². The van der Waals surface area contributed by atoms with Crippen LogP contribution in [0.5, 0.6) is 0 Å². The van der Waals surface area contributed by atoms with Gasteiger partial charge in [-0.3, -0.25) is 14.3 Å². The van der Waals surface area contributed by atoms with Gasteiger partial charge in [0.1, 0.15) is 0 Å². The van der Waals surface area contributed by atoms with Crippen molar-refractivity contribution in [1.29, 1.82) is 0 Å². The van der Waals surface area contributed by atoms with Gasteiger partial charge in [-0.1, -0.05) is 0 Å². The molecule has 0 aliphatic heterocycles. The first-order chi connectivity index (χ1) is 7.49. The van der Waals surface area contributed by atoms with E-state index >= 15 is 0 Å². The summed E-state index contributed by atoms with van der Waals surface area (Å²) in [5, 5.41) is 15.4. The summed E-state index contributed by atoms with van der Waals surface area (Å²) < 4.78 is 1.62. The highest BCUT2D eigenvalue weighted by Gasteiger charge is 2.18. The third-order valence-electron chi connectivity index (χ3n) is 2.19. The summed E-state index contributed by atoms with van der Waals surface area (Å²) in [6, 6.07) is 0. The maximum Gasteiger partial charge on any atom is 0.308 e. The molecule has 0 bridgehead atoms. The molecule has 2 N–H and O–H groups in total. The van der Waals surface area contributed by atoms with Gasteiger partial charge in [-0.2, -0.15) is 5.10 Å². The van der Waals surface area contributed by atoms with Gasteiger partial charge in [0.05, 0.1) is 12.1 Å². The number of nitrogens with zero attached hydrogens (tertiary/aromatic N) is 2. The molecule has 0 spiro atoms. The topological polar surface area (TPSA) is 84.2 Å². The van der Waals surface area contributed by atoms with Crippen LogP contribution < -0.4 is 5.32 Å². The van der Waals surface area contributed by atoms with Crippen molar-refractivity contribution in [2.75, 3.05) is 6.54 Å². The highest BCUT2D eigenvalue weighted by Crippen LogP contribution is 2.07. The van der Waals surface area contributed by atoms with Crippen molar-refractivity contribution in [2.24, 2.45) is 13.0 Å². The Morgan fingerprint density at radius 1 is 1.62 bits per heavy atom. The minimum absolute atomic E-state index is 0.138. The number of rotatable bonds is 5. The molecule has 1 aromatic rings. The first kappa shape index (κ1) is 12.2. The fourth-order valence-corrected chi connectivity index (χ4v) is 1.38. The number of aromatic nitrogens is 2. The number of aryl methyl sites for hydroxylation is 1. The number of aliphatic carboxylic acids is 1. The Morgan fingerprint density at radius 3 is 2.75 bits per heavy atom. The largest absolute Gasteiger partial charge is 0.481 e. The fraction of sp³-hybridized carbons (Fsp3) is 0.500. The van der Waals surface area contributed by atoms with Crippen LogP contribution in [0.1, 0.15) is 12.5 Å². The monoisotopic (exact) mass is 225 g/mol. The lowest BCUT2D eigenvalue weighted by molar-refractivity contribution is -0.141. The third-order valence-corrected chi connectivity index (χ3v) is 2.19. The predicted molar refractivity (Wildman–Crippen MR) is 56.7 cm³/mol. The number of carboxylic acids is 1. The number of amides is 1. The smallest absolute Gasteiger partial charge is 0.308 e. The van der Waals surface area contributed by atoms with E-state index in [1.54, 1.807) is 24.1 Å². The molecule has 0 radical (unpaired) electrons. The summed E-state index contributed by atoms with van der Waals surface area (Å²) in [4.78, 5) is 21.7. The summed E-state index contributed by atoms with van der Waals surface area (Å²) in [5.41, 5.74) is 0.847. The van der Waals surface area contributed by atoms with Crippen molar-refractivity contribution in [2.45, 2.75) is 13.3 Å². The second kappa shape index (κ2) is 5.29. The minimum atomic E-state index is -0.919. The van der Waals surface area contributed by atoms with E-state index in [1.165, 1.54) is 6.92 Å². The molecule has 0 saturated heterocycles. The predicted octanol–water partition coefficient (Wildman–Crippen LogP) is -0.200. The van der Waals surface area contributed by atoms with Gasteiger partial charge < -0.3 is 10.4 Å².